The first-order valence-electron chi connectivity index (χ1n) is 7.97. The van der Waals surface area contributed by atoms with Crippen LogP contribution < -0.4 is 10.1 Å². The van der Waals surface area contributed by atoms with Crippen LogP contribution in [0.4, 0.5) is 4.79 Å². The third kappa shape index (κ3) is 2.77. The number of rotatable bonds is 6. The van der Waals surface area contributed by atoms with Gasteiger partial charge in [-0.05, 0) is 36.2 Å². The lowest BCUT2D eigenvalue weighted by Crippen LogP contribution is -2.43. The van der Waals surface area contributed by atoms with E-state index in [2.05, 4.69) is 10.3 Å². The molecule has 2 aromatic rings. The summed E-state index contributed by atoms with van der Waals surface area (Å²) >= 11 is 0. The number of carbonyl (C=O) groups is 3. The van der Waals surface area contributed by atoms with Crippen LogP contribution in [-0.2, 0) is 10.3 Å². The number of hydrogen-bond donors (Lipinski definition) is 2. The average molecular weight is 341 g/mol. The molecule has 0 bridgehead atoms. The highest BCUT2D eigenvalue weighted by Crippen LogP contribution is 2.33. The van der Waals surface area contributed by atoms with Gasteiger partial charge in [0.05, 0.1) is 19.3 Å². The van der Waals surface area contributed by atoms with E-state index in [1.54, 1.807) is 49.7 Å². The lowest BCUT2D eigenvalue weighted by Gasteiger charge is -2.25. The Morgan fingerprint density at radius 2 is 1.92 bits per heavy atom. The van der Waals surface area contributed by atoms with E-state index < -0.39 is 17.5 Å². The maximum atomic E-state index is 13.0. The highest BCUT2D eigenvalue weighted by Gasteiger charge is 2.51. The largest absolute Gasteiger partial charge is 0.497 e. The molecule has 2 heterocycles. The molecule has 25 heavy (non-hydrogen) atoms. The van der Waals surface area contributed by atoms with Gasteiger partial charge < -0.3 is 15.0 Å². The Kier molecular flexibility index (Phi) is 4.31. The van der Waals surface area contributed by atoms with Gasteiger partial charge in [0.2, 0.25) is 0 Å². The number of hydrogen-bond acceptors (Lipinski definition) is 4. The first kappa shape index (κ1) is 16.8. The predicted octanol–water partition coefficient (Wildman–Crippen LogP) is 2.06. The van der Waals surface area contributed by atoms with Crippen LogP contribution in [0.5, 0.6) is 5.75 Å². The summed E-state index contributed by atoms with van der Waals surface area (Å²) in [6.07, 6.45) is 1.99. The fourth-order valence-electron chi connectivity index (χ4n) is 3.02. The minimum atomic E-state index is -1.17. The van der Waals surface area contributed by atoms with Crippen LogP contribution in [0.1, 0.15) is 29.4 Å². The zero-order valence-electron chi connectivity index (χ0n) is 14.0. The molecule has 1 aromatic heterocycles. The molecule has 3 amide bonds. The molecule has 1 atom stereocenters. The van der Waals surface area contributed by atoms with E-state index in [1.165, 1.54) is 0 Å². The number of amides is 3. The summed E-state index contributed by atoms with van der Waals surface area (Å²) in [4.78, 5) is 41.4. The third-order valence-corrected chi connectivity index (χ3v) is 4.49. The molecule has 0 saturated carbocycles. The van der Waals surface area contributed by atoms with Crippen molar-refractivity contribution in [3.05, 3.63) is 53.9 Å². The second-order valence-corrected chi connectivity index (χ2v) is 5.82. The molecule has 0 radical (unpaired) electrons. The standard InChI is InChI=1S/C18H19N3O4/c1-3-18(12-6-8-13(25-2)9-7-12)16(23)21(17(24)20-18)11-15(22)14-5-4-10-19-14/h4-10,19H,3,11H2,1-2H3,(H,20,24)/t18-/m1/s1. The van der Waals surface area contributed by atoms with Crippen molar-refractivity contribution in [2.75, 3.05) is 13.7 Å². The van der Waals surface area contributed by atoms with E-state index in [0.717, 1.165) is 4.90 Å². The summed E-state index contributed by atoms with van der Waals surface area (Å²) in [6.45, 7) is 1.52. The number of carbonyl (C=O) groups excluding carboxylic acids is 3. The highest BCUT2D eigenvalue weighted by molar-refractivity contribution is 6.11. The summed E-state index contributed by atoms with van der Waals surface area (Å²) in [5.74, 6) is -0.0919. The number of imide groups is 1. The molecule has 0 unspecified atom stereocenters. The van der Waals surface area contributed by atoms with Crippen molar-refractivity contribution in [2.24, 2.45) is 0 Å². The molecule has 2 N–H and O–H groups in total. The summed E-state index contributed by atoms with van der Waals surface area (Å²) < 4.78 is 5.13. The molecule has 130 valence electrons. The van der Waals surface area contributed by atoms with Gasteiger partial charge in [-0.25, -0.2) is 4.79 Å². The number of ether oxygens (including phenoxy) is 1. The maximum absolute atomic E-state index is 13.0. The first-order chi connectivity index (χ1) is 12.0. The fraction of sp³-hybridized carbons (Fsp3) is 0.278. The van der Waals surface area contributed by atoms with Crippen molar-refractivity contribution in [1.29, 1.82) is 0 Å². The van der Waals surface area contributed by atoms with Crippen LogP contribution in [0.3, 0.4) is 0 Å². The number of ketones is 1. The molecule has 7 heteroatoms. The van der Waals surface area contributed by atoms with Gasteiger partial charge in [0, 0.05) is 6.20 Å². The van der Waals surface area contributed by atoms with E-state index in [0.29, 0.717) is 23.4 Å². The quantitative estimate of drug-likeness (QED) is 0.621. The van der Waals surface area contributed by atoms with Crippen LogP contribution >= 0.6 is 0 Å². The maximum Gasteiger partial charge on any atom is 0.325 e. The molecule has 0 aliphatic carbocycles. The predicted molar refractivity (Wildman–Crippen MR) is 90.3 cm³/mol. The van der Waals surface area contributed by atoms with E-state index in [1.807, 2.05) is 6.92 Å². The molecular weight excluding hydrogens is 322 g/mol. The van der Waals surface area contributed by atoms with Gasteiger partial charge in [-0.3, -0.25) is 14.5 Å². The third-order valence-electron chi connectivity index (χ3n) is 4.49. The normalized spacial score (nSPS) is 19.8. The number of Topliss-reactive ketones (excluding diaryl/α,β-unsaturated/α-hetero) is 1. The molecule has 1 aliphatic heterocycles. The zero-order valence-corrected chi connectivity index (χ0v) is 14.0. The number of benzene rings is 1. The summed E-state index contributed by atoms with van der Waals surface area (Å²) in [5, 5.41) is 2.76. The van der Waals surface area contributed by atoms with Crippen molar-refractivity contribution in [3.63, 3.8) is 0 Å². The smallest absolute Gasteiger partial charge is 0.325 e. The van der Waals surface area contributed by atoms with Gasteiger partial charge >= 0.3 is 6.03 Å². The average Bonchev–Trinajstić information content (AvgIpc) is 3.25. The van der Waals surface area contributed by atoms with Crippen LogP contribution in [0.15, 0.2) is 42.6 Å². The number of methoxy groups -OCH3 is 1. The number of aromatic nitrogens is 1. The van der Waals surface area contributed by atoms with Crippen LogP contribution in [-0.4, -0.2) is 41.3 Å². The summed E-state index contributed by atoms with van der Waals surface area (Å²) in [5.41, 5.74) is -0.151. The molecule has 1 aliphatic rings. The zero-order chi connectivity index (χ0) is 18.0. The lowest BCUT2D eigenvalue weighted by atomic mass is 9.87. The second-order valence-electron chi connectivity index (χ2n) is 5.82. The minimum absolute atomic E-state index is 0.302. The van der Waals surface area contributed by atoms with Crippen molar-refractivity contribution < 1.29 is 19.1 Å². The molecule has 1 saturated heterocycles. The minimum Gasteiger partial charge on any atom is -0.497 e. The van der Waals surface area contributed by atoms with E-state index >= 15 is 0 Å². The fourth-order valence-corrected chi connectivity index (χ4v) is 3.02. The SMILES string of the molecule is CC[C@]1(c2ccc(OC)cc2)NC(=O)N(CC(=O)c2ccc[nH]2)C1=O. The van der Waals surface area contributed by atoms with Gasteiger partial charge in [0.1, 0.15) is 11.3 Å². The summed E-state index contributed by atoms with van der Waals surface area (Å²) in [7, 11) is 1.56. The van der Waals surface area contributed by atoms with E-state index in [4.69, 9.17) is 4.74 Å². The number of H-pyrrole nitrogens is 1. The van der Waals surface area contributed by atoms with Gasteiger partial charge in [-0.2, -0.15) is 0 Å². The second kappa shape index (κ2) is 6.43. The Hall–Kier alpha value is -3.09. The van der Waals surface area contributed by atoms with Crippen molar-refractivity contribution in [1.82, 2.24) is 15.2 Å². The van der Waals surface area contributed by atoms with Crippen LogP contribution in [0, 0.1) is 0 Å². The highest BCUT2D eigenvalue weighted by atomic mass is 16.5. The van der Waals surface area contributed by atoms with Gasteiger partial charge in [-0.15, -0.1) is 0 Å². The number of aromatic amines is 1. The Bertz CT molecular complexity index is 798. The monoisotopic (exact) mass is 341 g/mol. The van der Waals surface area contributed by atoms with Gasteiger partial charge in [0.15, 0.2) is 5.78 Å². The van der Waals surface area contributed by atoms with Gasteiger partial charge in [-0.1, -0.05) is 19.1 Å². The van der Waals surface area contributed by atoms with Gasteiger partial charge in [0.25, 0.3) is 5.91 Å². The summed E-state index contributed by atoms with van der Waals surface area (Å²) in [6, 6.07) is 9.69. The number of nitrogens with zero attached hydrogens (tertiary/aromatic N) is 1. The molecular formula is C18H19N3O4. The van der Waals surface area contributed by atoms with Crippen molar-refractivity contribution in [2.45, 2.75) is 18.9 Å². The Morgan fingerprint density at radius 3 is 2.48 bits per heavy atom. The molecule has 1 fully saturated rings. The van der Waals surface area contributed by atoms with Crippen molar-refractivity contribution in [3.8, 4) is 5.75 Å². The Balaban J connectivity index is 1.88. The number of urea groups is 1. The first-order valence-corrected chi connectivity index (χ1v) is 7.97. The molecule has 1 aromatic carbocycles. The van der Waals surface area contributed by atoms with Crippen LogP contribution in [0.2, 0.25) is 0 Å². The topological polar surface area (TPSA) is 91.5 Å². The Morgan fingerprint density at radius 1 is 1.20 bits per heavy atom. The molecule has 3 rings (SSSR count). The van der Waals surface area contributed by atoms with Crippen molar-refractivity contribution >= 4 is 17.7 Å². The van der Waals surface area contributed by atoms with Crippen LogP contribution in [0.25, 0.3) is 0 Å². The Labute approximate surface area is 145 Å². The lowest BCUT2D eigenvalue weighted by molar-refractivity contribution is -0.131. The molecule has 0 spiro atoms. The van der Waals surface area contributed by atoms with E-state index in [9.17, 15) is 14.4 Å². The molecule has 7 nitrogen and oxygen atoms in total. The number of nitrogens with one attached hydrogen (secondary N) is 2. The van der Waals surface area contributed by atoms with E-state index in [-0.39, 0.29) is 12.3 Å².